The molecule has 2 aromatic rings. The number of rotatable bonds is 3. The third-order valence-corrected chi connectivity index (χ3v) is 2.80. The van der Waals surface area contributed by atoms with Gasteiger partial charge in [0.2, 0.25) is 0 Å². The highest BCUT2D eigenvalue weighted by Crippen LogP contribution is 2.14. The smallest absolute Gasteiger partial charge is 0.186 e. The highest BCUT2D eigenvalue weighted by molar-refractivity contribution is 5.36. The minimum atomic E-state index is -0.306. The van der Waals surface area contributed by atoms with Crippen LogP contribution in [0.5, 0.6) is 0 Å². The number of benzene rings is 1. The van der Waals surface area contributed by atoms with Crippen LogP contribution in [0.15, 0.2) is 41.3 Å². The standard InChI is InChI=1S/C14H15FN2O/c1-10-7-14(18)11(8-16-2)9-17(10)13-6-4-3-5-12(13)15/h3-7,9,16H,8H2,1-2H3. The summed E-state index contributed by atoms with van der Waals surface area (Å²) < 4.78 is 15.5. The van der Waals surface area contributed by atoms with Crippen molar-refractivity contribution < 1.29 is 4.39 Å². The third kappa shape index (κ3) is 2.33. The largest absolute Gasteiger partial charge is 0.318 e. The van der Waals surface area contributed by atoms with E-state index in [1.807, 2.05) is 0 Å². The van der Waals surface area contributed by atoms with E-state index in [1.54, 1.807) is 42.9 Å². The molecule has 2 rings (SSSR count). The summed E-state index contributed by atoms with van der Waals surface area (Å²) in [6.07, 6.45) is 1.69. The van der Waals surface area contributed by atoms with Crippen LogP contribution < -0.4 is 10.7 Å². The quantitative estimate of drug-likeness (QED) is 0.898. The van der Waals surface area contributed by atoms with Gasteiger partial charge in [-0.15, -0.1) is 0 Å². The number of para-hydroxylation sites is 1. The SMILES string of the molecule is CNCc1cn(-c2ccccc2F)c(C)cc1=O. The number of nitrogens with one attached hydrogen (secondary N) is 1. The van der Waals surface area contributed by atoms with Crippen molar-refractivity contribution in [3.63, 3.8) is 0 Å². The van der Waals surface area contributed by atoms with Gasteiger partial charge in [-0.3, -0.25) is 4.79 Å². The van der Waals surface area contributed by atoms with Crippen molar-refractivity contribution in [3.05, 3.63) is 63.8 Å². The second-order valence-electron chi connectivity index (χ2n) is 4.16. The molecule has 3 nitrogen and oxygen atoms in total. The molecule has 0 aliphatic rings. The van der Waals surface area contributed by atoms with E-state index in [-0.39, 0.29) is 11.2 Å². The Morgan fingerprint density at radius 3 is 2.72 bits per heavy atom. The van der Waals surface area contributed by atoms with Gasteiger partial charge in [0.05, 0.1) is 5.69 Å². The number of aryl methyl sites for hydroxylation is 1. The molecule has 0 radical (unpaired) electrons. The van der Waals surface area contributed by atoms with Gasteiger partial charge in [-0.2, -0.15) is 0 Å². The molecule has 1 heterocycles. The molecule has 0 bridgehead atoms. The van der Waals surface area contributed by atoms with Gasteiger partial charge in [-0.1, -0.05) is 12.1 Å². The Hall–Kier alpha value is -1.94. The highest BCUT2D eigenvalue weighted by atomic mass is 19.1. The van der Waals surface area contributed by atoms with Crippen molar-refractivity contribution in [2.24, 2.45) is 0 Å². The van der Waals surface area contributed by atoms with E-state index in [1.165, 1.54) is 12.1 Å². The average Bonchev–Trinajstić information content (AvgIpc) is 2.34. The maximum Gasteiger partial charge on any atom is 0.186 e. The molecule has 0 fully saturated rings. The Morgan fingerprint density at radius 1 is 1.33 bits per heavy atom. The predicted molar refractivity (Wildman–Crippen MR) is 69.5 cm³/mol. The first-order valence-electron chi connectivity index (χ1n) is 5.75. The molecule has 94 valence electrons. The summed E-state index contributed by atoms with van der Waals surface area (Å²) in [6, 6.07) is 8.04. The van der Waals surface area contributed by atoms with Gasteiger partial charge in [0.15, 0.2) is 5.43 Å². The van der Waals surface area contributed by atoms with Crippen LogP contribution in [0.1, 0.15) is 11.3 Å². The van der Waals surface area contributed by atoms with Crippen LogP contribution >= 0.6 is 0 Å². The van der Waals surface area contributed by atoms with E-state index in [0.717, 1.165) is 0 Å². The monoisotopic (exact) mass is 246 g/mol. The van der Waals surface area contributed by atoms with E-state index in [9.17, 15) is 9.18 Å². The molecule has 1 aromatic heterocycles. The Bertz CT molecular complexity index is 619. The van der Waals surface area contributed by atoms with Crippen molar-refractivity contribution in [2.75, 3.05) is 7.05 Å². The van der Waals surface area contributed by atoms with Crippen molar-refractivity contribution >= 4 is 0 Å². The second kappa shape index (κ2) is 5.14. The van der Waals surface area contributed by atoms with E-state index < -0.39 is 0 Å². The minimum absolute atomic E-state index is 0.0329. The van der Waals surface area contributed by atoms with E-state index in [0.29, 0.717) is 23.5 Å². The lowest BCUT2D eigenvalue weighted by molar-refractivity contribution is 0.615. The van der Waals surface area contributed by atoms with Crippen LogP contribution in [-0.2, 0) is 6.54 Å². The fourth-order valence-corrected chi connectivity index (χ4v) is 1.90. The van der Waals surface area contributed by atoms with E-state index in [2.05, 4.69) is 5.32 Å². The van der Waals surface area contributed by atoms with Gasteiger partial charge in [0, 0.05) is 30.1 Å². The summed E-state index contributed by atoms with van der Waals surface area (Å²) >= 11 is 0. The molecule has 0 aliphatic carbocycles. The molecule has 4 heteroatoms. The summed E-state index contributed by atoms with van der Waals surface area (Å²) in [6.45, 7) is 2.25. The van der Waals surface area contributed by atoms with Gasteiger partial charge in [0.1, 0.15) is 5.82 Å². The van der Waals surface area contributed by atoms with Crippen LogP contribution in [0.4, 0.5) is 4.39 Å². The Kier molecular flexibility index (Phi) is 3.58. The first kappa shape index (κ1) is 12.5. The van der Waals surface area contributed by atoms with E-state index in [4.69, 9.17) is 0 Å². The van der Waals surface area contributed by atoms with Gasteiger partial charge in [0.25, 0.3) is 0 Å². The third-order valence-electron chi connectivity index (χ3n) is 2.80. The molecule has 1 aromatic carbocycles. The van der Waals surface area contributed by atoms with Gasteiger partial charge < -0.3 is 9.88 Å². The summed E-state index contributed by atoms with van der Waals surface area (Å²) in [5.74, 6) is -0.306. The van der Waals surface area contributed by atoms with E-state index >= 15 is 0 Å². The summed E-state index contributed by atoms with van der Waals surface area (Å²) in [7, 11) is 1.77. The van der Waals surface area contributed by atoms with Crippen molar-refractivity contribution in [3.8, 4) is 5.69 Å². The van der Waals surface area contributed by atoms with Crippen LogP contribution in [0.25, 0.3) is 5.69 Å². The number of pyridine rings is 1. The highest BCUT2D eigenvalue weighted by Gasteiger charge is 2.08. The number of aromatic nitrogens is 1. The fourth-order valence-electron chi connectivity index (χ4n) is 1.90. The van der Waals surface area contributed by atoms with Gasteiger partial charge in [-0.25, -0.2) is 4.39 Å². The molecule has 1 N–H and O–H groups in total. The Morgan fingerprint density at radius 2 is 2.06 bits per heavy atom. The zero-order valence-corrected chi connectivity index (χ0v) is 10.4. The Balaban J connectivity index is 2.61. The zero-order chi connectivity index (χ0) is 13.1. The Labute approximate surface area is 105 Å². The molecule has 0 aliphatic heterocycles. The average molecular weight is 246 g/mol. The lowest BCUT2D eigenvalue weighted by Gasteiger charge is -2.13. The molecule has 0 amide bonds. The second-order valence-corrected chi connectivity index (χ2v) is 4.16. The minimum Gasteiger partial charge on any atom is -0.318 e. The number of nitrogens with zero attached hydrogens (tertiary/aromatic N) is 1. The zero-order valence-electron chi connectivity index (χ0n) is 10.4. The van der Waals surface area contributed by atoms with Crippen LogP contribution in [-0.4, -0.2) is 11.6 Å². The molecule has 0 saturated heterocycles. The fraction of sp³-hybridized carbons (Fsp3) is 0.214. The van der Waals surface area contributed by atoms with Crippen LogP contribution in [0.2, 0.25) is 0 Å². The summed E-state index contributed by atoms with van der Waals surface area (Å²) in [4.78, 5) is 11.8. The first-order valence-corrected chi connectivity index (χ1v) is 5.75. The molecular formula is C14H15FN2O. The molecule has 18 heavy (non-hydrogen) atoms. The normalized spacial score (nSPS) is 10.6. The maximum atomic E-state index is 13.8. The van der Waals surface area contributed by atoms with Gasteiger partial charge in [-0.05, 0) is 26.1 Å². The summed E-state index contributed by atoms with van der Waals surface area (Å²) in [5, 5.41) is 2.93. The van der Waals surface area contributed by atoms with Crippen LogP contribution in [0, 0.1) is 12.7 Å². The number of hydrogen-bond acceptors (Lipinski definition) is 2. The molecule has 0 unspecified atom stereocenters. The first-order chi connectivity index (χ1) is 8.63. The van der Waals surface area contributed by atoms with Crippen molar-refractivity contribution in [1.29, 1.82) is 0 Å². The van der Waals surface area contributed by atoms with Crippen molar-refractivity contribution in [1.82, 2.24) is 9.88 Å². The predicted octanol–water partition coefficient (Wildman–Crippen LogP) is 2.00. The lowest BCUT2D eigenvalue weighted by atomic mass is 10.2. The number of halogens is 1. The van der Waals surface area contributed by atoms with Crippen LogP contribution in [0.3, 0.4) is 0 Å². The topological polar surface area (TPSA) is 34.0 Å². The molecular weight excluding hydrogens is 231 g/mol. The van der Waals surface area contributed by atoms with Gasteiger partial charge >= 0.3 is 0 Å². The van der Waals surface area contributed by atoms with Crippen molar-refractivity contribution in [2.45, 2.75) is 13.5 Å². The summed E-state index contributed by atoms with van der Waals surface area (Å²) in [5.41, 5.74) is 1.75. The molecule has 0 saturated carbocycles. The maximum absolute atomic E-state index is 13.8. The number of hydrogen-bond donors (Lipinski definition) is 1. The lowest BCUT2D eigenvalue weighted by Crippen LogP contribution is -2.19. The molecule has 0 atom stereocenters. The molecule has 0 spiro atoms.